The van der Waals surface area contributed by atoms with Crippen LogP contribution >= 0.6 is 0 Å². The van der Waals surface area contributed by atoms with Crippen molar-refractivity contribution in [1.82, 2.24) is 0 Å². The first-order chi connectivity index (χ1) is 16.1. The Labute approximate surface area is 194 Å². The summed E-state index contributed by atoms with van der Waals surface area (Å²) in [5.41, 5.74) is 0. The molecule has 36 heavy (non-hydrogen) atoms. The Kier molecular flexibility index (Phi) is 5.34. The number of alkyl halides is 10. The minimum Gasteiger partial charge on any atom is -0.217 e. The summed E-state index contributed by atoms with van der Waals surface area (Å²) in [6.07, 6.45) is -12.9. The fourth-order valence-corrected chi connectivity index (χ4v) is 6.02. The smallest absolute Gasteiger partial charge is 0.217 e. The molecule has 0 aliphatic heterocycles. The number of benzene rings is 4. The van der Waals surface area contributed by atoms with Crippen molar-refractivity contribution < 1.29 is 60.7 Å². The lowest BCUT2D eigenvalue weighted by Gasteiger charge is -2.21. The highest BCUT2D eigenvalue weighted by Gasteiger charge is 2.68. The summed E-state index contributed by atoms with van der Waals surface area (Å²) in [6, 6.07) is 5.91. The Bertz CT molecular complexity index is 1540. The molecule has 0 N–H and O–H groups in total. The largest absolute Gasteiger partial charge is 0.469 e. The van der Waals surface area contributed by atoms with Crippen molar-refractivity contribution in [3.05, 3.63) is 48.5 Å². The van der Waals surface area contributed by atoms with Gasteiger partial charge in [0.15, 0.2) is 0 Å². The van der Waals surface area contributed by atoms with Crippen LogP contribution < -0.4 is 0 Å². The van der Waals surface area contributed by atoms with Crippen LogP contribution in [0.2, 0.25) is 0 Å². The molecule has 0 bridgehead atoms. The molecule has 4 nitrogen and oxygen atoms in total. The van der Waals surface area contributed by atoms with Crippen molar-refractivity contribution in [3.8, 4) is 0 Å². The van der Waals surface area contributed by atoms with Crippen molar-refractivity contribution in [2.24, 2.45) is 0 Å². The lowest BCUT2D eigenvalue weighted by Crippen LogP contribution is -2.43. The summed E-state index contributed by atoms with van der Waals surface area (Å²) in [5.74, 6) is 0. The van der Waals surface area contributed by atoms with Gasteiger partial charge >= 0.3 is 22.9 Å². The summed E-state index contributed by atoms with van der Waals surface area (Å²) < 4.78 is 179. The summed E-state index contributed by atoms with van der Waals surface area (Å²) in [6.45, 7) is 0. The molecule has 0 heterocycles. The third kappa shape index (κ3) is 3.40. The van der Waals surface area contributed by atoms with Crippen LogP contribution in [0.3, 0.4) is 0 Å². The first-order valence-electron chi connectivity index (χ1n) is 9.25. The molecule has 0 fully saturated rings. The van der Waals surface area contributed by atoms with Gasteiger partial charge in [0.25, 0.3) is 19.7 Å². The van der Waals surface area contributed by atoms with Gasteiger partial charge in [0, 0.05) is 0 Å². The van der Waals surface area contributed by atoms with Gasteiger partial charge in [-0.05, 0) is 56.6 Å². The van der Waals surface area contributed by atoms with Crippen molar-refractivity contribution in [2.45, 2.75) is 32.7 Å². The molecule has 0 unspecified atom stereocenters. The number of hydrogen-bond acceptors (Lipinski definition) is 4. The van der Waals surface area contributed by atoms with Gasteiger partial charge in [-0.15, -0.1) is 0 Å². The fraction of sp³-hybridized carbons (Fsp3) is 0.200. The maximum atomic E-state index is 13.7. The molecule has 0 aliphatic rings. The highest BCUT2D eigenvalue weighted by atomic mass is 32.2. The van der Waals surface area contributed by atoms with E-state index in [0.717, 1.165) is 24.3 Å². The molecule has 0 spiro atoms. The molecule has 4 rings (SSSR count). The van der Waals surface area contributed by atoms with Crippen LogP contribution in [0.4, 0.5) is 43.9 Å². The van der Waals surface area contributed by atoms with Crippen LogP contribution in [0.15, 0.2) is 58.3 Å². The van der Waals surface area contributed by atoms with E-state index in [0.29, 0.717) is 24.3 Å². The minimum absolute atomic E-state index is 0.0193. The third-order valence-corrected chi connectivity index (χ3v) is 8.96. The minimum atomic E-state index is -6.43. The lowest BCUT2D eigenvalue weighted by molar-refractivity contribution is -0.241. The fourth-order valence-electron chi connectivity index (χ4n) is 3.69. The van der Waals surface area contributed by atoms with E-state index in [1.54, 1.807) is 0 Å². The van der Waals surface area contributed by atoms with Crippen molar-refractivity contribution in [1.29, 1.82) is 0 Å². The summed E-state index contributed by atoms with van der Waals surface area (Å²) >= 11 is 0. The number of rotatable bonds is 4. The Balaban J connectivity index is 1.99. The highest BCUT2D eigenvalue weighted by Crippen LogP contribution is 2.47. The molecule has 0 radical (unpaired) electrons. The zero-order valence-electron chi connectivity index (χ0n) is 16.8. The normalized spacial score (nSPS) is 14.8. The van der Waals surface area contributed by atoms with Crippen molar-refractivity contribution in [2.75, 3.05) is 0 Å². The topological polar surface area (TPSA) is 68.3 Å². The molecule has 194 valence electrons. The van der Waals surface area contributed by atoms with Gasteiger partial charge in [-0.1, -0.05) is 24.3 Å². The van der Waals surface area contributed by atoms with E-state index in [1.807, 2.05) is 0 Å². The van der Waals surface area contributed by atoms with Gasteiger partial charge in [-0.3, -0.25) is 0 Å². The van der Waals surface area contributed by atoms with E-state index in [9.17, 15) is 60.7 Å². The van der Waals surface area contributed by atoms with Crippen LogP contribution in [0.25, 0.3) is 32.3 Å². The molecule has 4 aromatic rings. The van der Waals surface area contributed by atoms with E-state index in [2.05, 4.69) is 0 Å². The second-order valence-electron chi connectivity index (χ2n) is 7.66. The van der Waals surface area contributed by atoms with E-state index in [1.165, 1.54) is 0 Å². The number of halogens is 10. The monoisotopic (exact) mass is 566 g/mol. The predicted molar refractivity (Wildman–Crippen MR) is 107 cm³/mol. The lowest BCUT2D eigenvalue weighted by atomic mass is 9.94. The first-order valence-corrected chi connectivity index (χ1v) is 12.2. The third-order valence-electron chi connectivity index (χ3n) is 5.44. The Morgan fingerprint density at radius 2 is 0.667 bits per heavy atom. The maximum absolute atomic E-state index is 13.7. The van der Waals surface area contributed by atoms with E-state index < -0.39 is 52.3 Å². The molecule has 16 heteroatoms. The molecule has 4 aromatic carbocycles. The summed E-state index contributed by atoms with van der Waals surface area (Å²) in [4.78, 5) is -2.77. The van der Waals surface area contributed by atoms with Crippen LogP contribution in [0.5, 0.6) is 0 Å². The van der Waals surface area contributed by atoms with Crippen LogP contribution in [0.1, 0.15) is 0 Å². The van der Waals surface area contributed by atoms with Crippen molar-refractivity contribution in [3.63, 3.8) is 0 Å². The van der Waals surface area contributed by atoms with Gasteiger partial charge < -0.3 is 0 Å². The molecule has 0 amide bonds. The van der Waals surface area contributed by atoms with E-state index in [-0.39, 0.29) is 32.3 Å². The Hall–Kier alpha value is -2.88. The maximum Gasteiger partial charge on any atom is 0.469 e. The average Bonchev–Trinajstić information content (AvgIpc) is 2.75. The molecule has 0 saturated heterocycles. The van der Waals surface area contributed by atoms with Gasteiger partial charge in [0.1, 0.15) is 0 Å². The quantitative estimate of drug-likeness (QED) is 0.211. The van der Waals surface area contributed by atoms with E-state index >= 15 is 0 Å². The second kappa shape index (κ2) is 7.34. The highest BCUT2D eigenvalue weighted by molar-refractivity contribution is 7.92. The molecular weight excluding hydrogens is 558 g/mol. The predicted octanol–water partition coefficient (Wildman–Crippen LogP) is 6.44. The van der Waals surface area contributed by atoms with Gasteiger partial charge in [0.2, 0.25) is 0 Å². The SMILES string of the molecule is O=S(=O)(c1cc2ccc3cc(S(=O)(=O)C(F)(F)C(F)(F)F)cc4ccc(c1)c2c34)C(F)(F)C(F)(F)F. The molecular formula is C20H8F10O4S2. The molecule has 0 saturated carbocycles. The first kappa shape index (κ1) is 26.2. The van der Waals surface area contributed by atoms with E-state index in [4.69, 9.17) is 0 Å². The van der Waals surface area contributed by atoms with Crippen molar-refractivity contribution >= 4 is 52.0 Å². The molecule has 0 aromatic heterocycles. The molecule has 0 aliphatic carbocycles. The van der Waals surface area contributed by atoms with Gasteiger partial charge in [0.05, 0.1) is 9.79 Å². The van der Waals surface area contributed by atoms with Gasteiger partial charge in [-0.25, -0.2) is 16.8 Å². The standard InChI is InChI=1S/C20H8F10O4S2/c21-17(22,23)19(27,28)35(31,32)13-5-9-1-2-10-6-14(36(33,34)20(29,30)18(24,25)26)8-12-4-3-11(7-13)15(9)16(10)12/h1-8H. The Morgan fingerprint density at radius 3 is 0.861 bits per heavy atom. The van der Waals surface area contributed by atoms with Crippen LogP contribution in [0, 0.1) is 0 Å². The number of sulfone groups is 2. The molecule has 0 atom stereocenters. The number of hydrogen-bond donors (Lipinski definition) is 0. The zero-order valence-corrected chi connectivity index (χ0v) is 18.5. The van der Waals surface area contributed by atoms with Crippen LogP contribution in [-0.2, 0) is 19.7 Å². The van der Waals surface area contributed by atoms with Crippen LogP contribution in [-0.4, -0.2) is 39.7 Å². The average molecular weight is 566 g/mol. The Morgan fingerprint density at radius 1 is 0.444 bits per heavy atom. The summed E-state index contributed by atoms with van der Waals surface area (Å²) in [5, 5.41) is -13.0. The summed E-state index contributed by atoms with van der Waals surface area (Å²) in [7, 11) is -12.5. The van der Waals surface area contributed by atoms with Gasteiger partial charge in [-0.2, -0.15) is 43.9 Å². The zero-order chi connectivity index (χ0) is 27.3. The second-order valence-corrected chi connectivity index (χ2v) is 11.6.